The summed E-state index contributed by atoms with van der Waals surface area (Å²) < 4.78 is 43.5. The molecule has 3 aromatic rings. The van der Waals surface area contributed by atoms with Gasteiger partial charge in [-0.15, -0.1) is 6.58 Å². The molecule has 1 aromatic heterocycles. The van der Waals surface area contributed by atoms with Crippen molar-refractivity contribution in [3.05, 3.63) is 83.8 Å². The predicted octanol–water partition coefficient (Wildman–Crippen LogP) is 5.74. The van der Waals surface area contributed by atoms with E-state index >= 15 is 0 Å². The number of carboxylic acids is 2. The van der Waals surface area contributed by atoms with Crippen molar-refractivity contribution < 1.29 is 51.4 Å². The van der Waals surface area contributed by atoms with Gasteiger partial charge in [-0.1, -0.05) is 24.3 Å². The predicted molar refractivity (Wildman–Crippen MR) is 151 cm³/mol. The molecular formula is C30H35F3N3O7+. The summed E-state index contributed by atoms with van der Waals surface area (Å²) >= 11 is 0. The zero-order valence-corrected chi connectivity index (χ0v) is 24.5. The first-order chi connectivity index (χ1) is 19.9. The third kappa shape index (κ3) is 9.43. The van der Waals surface area contributed by atoms with Gasteiger partial charge in [0, 0.05) is 18.2 Å². The molecule has 0 spiro atoms. The molecule has 1 heterocycles. The highest BCUT2D eigenvalue weighted by molar-refractivity contribution is 5.77. The number of aryl methyl sites for hydroxylation is 1. The lowest BCUT2D eigenvalue weighted by Crippen LogP contribution is -2.52. The zero-order chi connectivity index (χ0) is 32.6. The van der Waals surface area contributed by atoms with E-state index in [2.05, 4.69) is 11.9 Å². The van der Waals surface area contributed by atoms with Crippen LogP contribution in [0.2, 0.25) is 0 Å². The average molecular weight is 607 g/mol. The van der Waals surface area contributed by atoms with E-state index in [1.807, 2.05) is 56.4 Å². The smallest absolute Gasteiger partial charge is 0.478 e. The molecule has 0 radical (unpaired) electrons. The van der Waals surface area contributed by atoms with Crippen molar-refractivity contribution in [2.75, 3.05) is 14.1 Å². The topological polar surface area (TPSA) is 139 Å². The number of hydrogen-bond acceptors (Lipinski definition) is 6. The Hall–Kier alpha value is -4.65. The van der Waals surface area contributed by atoms with Gasteiger partial charge in [-0.2, -0.15) is 13.2 Å². The molecule has 0 aliphatic heterocycles. The number of aromatic nitrogens is 1. The number of nitrogens with one attached hydrogen (secondary N) is 1. The van der Waals surface area contributed by atoms with Gasteiger partial charge in [0.25, 0.3) is 0 Å². The van der Waals surface area contributed by atoms with Crippen LogP contribution in [0.15, 0.2) is 65.6 Å². The van der Waals surface area contributed by atoms with E-state index in [4.69, 9.17) is 24.0 Å². The molecular weight excluding hydrogens is 571 g/mol. The molecule has 3 rings (SSSR count). The number of halogens is 3. The van der Waals surface area contributed by atoms with E-state index in [9.17, 15) is 27.9 Å². The van der Waals surface area contributed by atoms with Crippen LogP contribution in [0.5, 0.6) is 5.75 Å². The zero-order valence-electron chi connectivity index (χ0n) is 24.5. The molecule has 1 atom stereocenters. The van der Waals surface area contributed by atoms with E-state index in [1.54, 1.807) is 19.2 Å². The first kappa shape index (κ1) is 34.6. The number of carbonyl (C=O) groups excluding carboxylic acids is 1. The van der Waals surface area contributed by atoms with Crippen LogP contribution in [0.4, 0.5) is 18.0 Å². The number of amides is 2. The number of carbonyl (C=O) groups is 3. The van der Waals surface area contributed by atoms with Crippen molar-refractivity contribution in [1.82, 2.24) is 10.3 Å². The molecule has 13 heteroatoms. The standard InChI is InChI=1S/C28H33N3O5.C2HF3O2/c1-7-11-22-16-20(14-15-24(22)36-28(3,4)26(32)33)17-31(6,27(34)29-5)18-23-19(2)35-25(30-23)21-12-9-8-10-13-21;3-2(4,5)1(6)7/h7-10,12-16H,1,11,17-18H2,2-6H3,(H-,29,32,33,34);(H,6,7)/p+1. The number of aliphatic carboxylic acids is 2. The first-order valence-electron chi connectivity index (χ1n) is 13.0. The minimum atomic E-state index is -5.08. The van der Waals surface area contributed by atoms with E-state index in [-0.39, 0.29) is 10.5 Å². The molecule has 43 heavy (non-hydrogen) atoms. The lowest BCUT2D eigenvalue weighted by Gasteiger charge is -2.31. The normalized spacial score (nSPS) is 12.7. The summed E-state index contributed by atoms with van der Waals surface area (Å²) in [5.41, 5.74) is 1.88. The lowest BCUT2D eigenvalue weighted by atomic mass is 10.0. The number of urea groups is 1. The Labute approximate surface area is 247 Å². The largest absolute Gasteiger partial charge is 0.490 e. The quantitative estimate of drug-likeness (QED) is 0.196. The van der Waals surface area contributed by atoms with Crippen LogP contribution in [0.3, 0.4) is 0 Å². The first-order valence-corrected chi connectivity index (χ1v) is 13.0. The number of oxazole rings is 1. The molecule has 2 aromatic carbocycles. The minimum Gasteiger partial charge on any atom is -0.478 e. The van der Waals surface area contributed by atoms with Crippen LogP contribution in [0.1, 0.15) is 36.4 Å². The molecule has 0 aliphatic rings. The summed E-state index contributed by atoms with van der Waals surface area (Å²) in [5.74, 6) is -2.16. The van der Waals surface area contributed by atoms with Crippen LogP contribution in [-0.4, -0.2) is 63.5 Å². The molecule has 232 valence electrons. The van der Waals surface area contributed by atoms with Crippen LogP contribution >= 0.6 is 0 Å². The van der Waals surface area contributed by atoms with E-state index in [0.717, 1.165) is 16.7 Å². The van der Waals surface area contributed by atoms with Crippen LogP contribution in [-0.2, 0) is 29.1 Å². The van der Waals surface area contributed by atoms with Gasteiger partial charge in [0.05, 0.1) is 7.05 Å². The highest BCUT2D eigenvalue weighted by Crippen LogP contribution is 2.29. The Morgan fingerprint density at radius 1 is 1.07 bits per heavy atom. The van der Waals surface area contributed by atoms with Crippen LogP contribution in [0, 0.1) is 6.92 Å². The van der Waals surface area contributed by atoms with Crippen molar-refractivity contribution in [3.8, 4) is 17.2 Å². The van der Waals surface area contributed by atoms with Gasteiger partial charge < -0.3 is 24.7 Å². The fourth-order valence-corrected chi connectivity index (χ4v) is 3.95. The average Bonchev–Trinajstić information content (AvgIpc) is 3.29. The summed E-state index contributed by atoms with van der Waals surface area (Å²) in [7, 11) is 3.46. The minimum absolute atomic E-state index is 0.00640. The highest BCUT2D eigenvalue weighted by atomic mass is 19.4. The molecule has 0 fully saturated rings. The fraction of sp³-hybridized carbons (Fsp3) is 0.333. The maximum atomic E-state index is 13.1. The number of alkyl halides is 3. The van der Waals surface area contributed by atoms with Crippen molar-refractivity contribution in [2.24, 2.45) is 0 Å². The Bertz CT molecular complexity index is 1450. The van der Waals surface area contributed by atoms with E-state index in [0.29, 0.717) is 42.6 Å². The number of hydrogen-bond donors (Lipinski definition) is 3. The second-order valence-electron chi connectivity index (χ2n) is 10.3. The number of carboxylic acid groups (broad SMARTS) is 2. The Morgan fingerprint density at radius 2 is 1.67 bits per heavy atom. The third-order valence-corrected chi connectivity index (χ3v) is 6.26. The molecule has 0 saturated carbocycles. The van der Waals surface area contributed by atoms with Gasteiger partial charge in [0.15, 0.2) is 5.60 Å². The van der Waals surface area contributed by atoms with Gasteiger partial charge in [-0.25, -0.2) is 23.9 Å². The van der Waals surface area contributed by atoms with E-state index < -0.39 is 23.7 Å². The molecule has 3 N–H and O–H groups in total. The Morgan fingerprint density at radius 3 is 2.19 bits per heavy atom. The number of quaternary nitrogens is 1. The number of nitrogens with zero attached hydrogens (tertiary/aromatic N) is 2. The van der Waals surface area contributed by atoms with Gasteiger partial charge in [0.2, 0.25) is 5.89 Å². The van der Waals surface area contributed by atoms with Crippen molar-refractivity contribution >= 4 is 18.0 Å². The number of allylic oxidation sites excluding steroid dienone is 1. The van der Waals surface area contributed by atoms with Crippen LogP contribution in [0.25, 0.3) is 11.5 Å². The lowest BCUT2D eigenvalue weighted by molar-refractivity contribution is -0.858. The molecule has 0 aliphatic carbocycles. The van der Waals surface area contributed by atoms with Gasteiger partial charge in [-0.3, -0.25) is 0 Å². The number of rotatable bonds is 10. The number of ether oxygens (including phenoxy) is 1. The summed E-state index contributed by atoms with van der Waals surface area (Å²) in [5, 5.41) is 19.3. The maximum absolute atomic E-state index is 13.1. The molecule has 0 saturated heterocycles. The summed E-state index contributed by atoms with van der Waals surface area (Å²) in [6.07, 6.45) is -2.86. The van der Waals surface area contributed by atoms with Crippen molar-refractivity contribution in [1.29, 1.82) is 0 Å². The van der Waals surface area contributed by atoms with E-state index in [1.165, 1.54) is 13.8 Å². The second-order valence-corrected chi connectivity index (χ2v) is 10.3. The summed E-state index contributed by atoms with van der Waals surface area (Å²) in [6, 6.07) is 15.0. The molecule has 10 nitrogen and oxygen atoms in total. The third-order valence-electron chi connectivity index (χ3n) is 6.26. The molecule has 2 amide bonds. The highest BCUT2D eigenvalue weighted by Gasteiger charge is 2.38. The van der Waals surface area contributed by atoms with Gasteiger partial charge >= 0.3 is 24.1 Å². The molecule has 1 unspecified atom stereocenters. The second kappa shape index (κ2) is 14.0. The Balaban J connectivity index is 0.000000821. The summed E-state index contributed by atoms with van der Waals surface area (Å²) in [4.78, 5) is 38.2. The van der Waals surface area contributed by atoms with Gasteiger partial charge in [-0.05, 0) is 63.1 Å². The monoisotopic (exact) mass is 606 g/mol. The van der Waals surface area contributed by atoms with Crippen molar-refractivity contribution in [2.45, 2.75) is 52.1 Å². The van der Waals surface area contributed by atoms with Crippen LogP contribution < -0.4 is 10.1 Å². The number of benzene rings is 2. The Kier molecular flexibility index (Phi) is 11.3. The molecule has 0 bridgehead atoms. The summed E-state index contributed by atoms with van der Waals surface area (Å²) in [6.45, 7) is 9.36. The van der Waals surface area contributed by atoms with Crippen molar-refractivity contribution in [3.63, 3.8) is 0 Å². The fourth-order valence-electron chi connectivity index (χ4n) is 3.95. The SMILES string of the molecule is C=CCc1cc(C[N+](C)(Cc2nc(-c3ccccc3)oc2C)C(=O)NC)ccc1OC(C)(C)C(=O)O.O=C(O)C(F)(F)F. The van der Waals surface area contributed by atoms with Gasteiger partial charge in [0.1, 0.15) is 30.3 Å². The maximum Gasteiger partial charge on any atom is 0.490 e.